The summed E-state index contributed by atoms with van der Waals surface area (Å²) in [5.74, 6) is 3.29. The van der Waals surface area contributed by atoms with Crippen LogP contribution in [0.25, 0.3) is 0 Å². The second-order valence-corrected chi connectivity index (χ2v) is 7.41. The molecule has 0 aliphatic rings. The molecule has 1 N–H and O–H groups in total. The molecule has 128 valence electrons. The van der Waals surface area contributed by atoms with Gasteiger partial charge in [-0.15, -0.1) is 17.8 Å². The van der Waals surface area contributed by atoms with Crippen LogP contribution in [0, 0.1) is 19.3 Å². The monoisotopic (exact) mass is 368 g/mol. The molecule has 5 heteroatoms. The van der Waals surface area contributed by atoms with Gasteiger partial charge in [0.2, 0.25) is 0 Å². The maximum atomic E-state index is 5.50. The van der Waals surface area contributed by atoms with Crippen LogP contribution in [-0.4, -0.2) is 11.6 Å². The summed E-state index contributed by atoms with van der Waals surface area (Å²) in [6.45, 7) is 3.07. The van der Waals surface area contributed by atoms with Gasteiger partial charge in [0.1, 0.15) is 17.4 Å². The van der Waals surface area contributed by atoms with Gasteiger partial charge in [-0.2, -0.15) is 11.3 Å². The maximum absolute atomic E-state index is 5.50. The molecule has 3 aromatic rings. The van der Waals surface area contributed by atoms with Gasteiger partial charge in [0.05, 0.1) is 6.04 Å². The number of rotatable bonds is 8. The van der Waals surface area contributed by atoms with Crippen LogP contribution in [0.4, 0.5) is 0 Å². The van der Waals surface area contributed by atoms with Crippen molar-refractivity contribution in [1.29, 1.82) is 0 Å². The van der Waals surface area contributed by atoms with Crippen LogP contribution in [0.1, 0.15) is 27.9 Å². The van der Waals surface area contributed by atoms with Crippen molar-refractivity contribution in [3.63, 3.8) is 0 Å². The summed E-state index contributed by atoms with van der Waals surface area (Å²) >= 11 is 3.44. The van der Waals surface area contributed by atoms with E-state index in [-0.39, 0.29) is 12.6 Å². The Hall–Kier alpha value is -2.13. The fourth-order valence-electron chi connectivity index (χ4n) is 2.53. The molecule has 3 rings (SSSR count). The summed E-state index contributed by atoms with van der Waals surface area (Å²) in [5.41, 5.74) is 3.57. The number of benzene rings is 1. The average molecular weight is 369 g/mol. The van der Waals surface area contributed by atoms with Gasteiger partial charge in [0.25, 0.3) is 0 Å². The number of hydrogen-bond donors (Lipinski definition) is 1. The minimum absolute atomic E-state index is 0.198. The fourth-order valence-corrected chi connectivity index (χ4v) is 4.09. The van der Waals surface area contributed by atoms with Gasteiger partial charge in [0, 0.05) is 17.6 Å². The maximum Gasteiger partial charge on any atom is 0.148 e. The smallest absolute Gasteiger partial charge is 0.148 e. The normalized spacial score (nSPS) is 11.8. The molecular weight excluding hydrogens is 348 g/mol. The molecule has 1 unspecified atom stereocenters. The van der Waals surface area contributed by atoms with E-state index in [2.05, 4.69) is 44.5 Å². The Morgan fingerprint density at radius 3 is 2.92 bits per heavy atom. The highest BCUT2D eigenvalue weighted by Crippen LogP contribution is 2.24. The first-order valence-electron chi connectivity index (χ1n) is 8.06. The first-order chi connectivity index (χ1) is 12.2. The number of aromatic nitrogens is 1. The van der Waals surface area contributed by atoms with E-state index < -0.39 is 0 Å². The molecule has 0 radical (unpaired) electrons. The van der Waals surface area contributed by atoms with Crippen LogP contribution >= 0.6 is 22.7 Å². The van der Waals surface area contributed by atoms with Crippen molar-refractivity contribution in [3.8, 4) is 18.1 Å². The molecule has 2 aromatic heterocycles. The summed E-state index contributed by atoms with van der Waals surface area (Å²) in [5, 5.41) is 11.2. The Labute approximate surface area is 156 Å². The molecule has 0 saturated carbocycles. The van der Waals surface area contributed by atoms with E-state index in [1.54, 1.807) is 22.7 Å². The van der Waals surface area contributed by atoms with E-state index in [0.717, 1.165) is 35.0 Å². The van der Waals surface area contributed by atoms with Gasteiger partial charge >= 0.3 is 0 Å². The van der Waals surface area contributed by atoms with E-state index in [1.807, 2.05) is 25.1 Å². The third kappa shape index (κ3) is 5.17. The summed E-state index contributed by atoms with van der Waals surface area (Å²) in [6.07, 6.45) is 6.19. The van der Waals surface area contributed by atoms with Gasteiger partial charge < -0.3 is 10.1 Å². The Morgan fingerprint density at radius 2 is 2.20 bits per heavy atom. The first-order valence-corrected chi connectivity index (χ1v) is 9.88. The minimum Gasteiger partial charge on any atom is -0.481 e. The summed E-state index contributed by atoms with van der Waals surface area (Å²) in [4.78, 5) is 4.67. The van der Waals surface area contributed by atoms with E-state index in [9.17, 15) is 0 Å². The van der Waals surface area contributed by atoms with E-state index in [4.69, 9.17) is 11.2 Å². The van der Waals surface area contributed by atoms with Gasteiger partial charge in [-0.05, 0) is 53.4 Å². The molecule has 1 aromatic carbocycles. The van der Waals surface area contributed by atoms with Crippen molar-refractivity contribution in [1.82, 2.24) is 10.3 Å². The number of thiazole rings is 1. The second kappa shape index (κ2) is 8.82. The third-order valence-electron chi connectivity index (χ3n) is 3.73. The van der Waals surface area contributed by atoms with Crippen molar-refractivity contribution < 1.29 is 4.74 Å². The molecule has 0 aliphatic carbocycles. The van der Waals surface area contributed by atoms with E-state index >= 15 is 0 Å². The number of aryl methyl sites for hydroxylation is 1. The van der Waals surface area contributed by atoms with Crippen molar-refractivity contribution >= 4 is 22.7 Å². The van der Waals surface area contributed by atoms with Crippen LogP contribution in [0.15, 0.2) is 46.5 Å². The van der Waals surface area contributed by atoms with E-state index in [0.29, 0.717) is 0 Å². The van der Waals surface area contributed by atoms with E-state index in [1.165, 1.54) is 5.56 Å². The topological polar surface area (TPSA) is 34.1 Å². The standard InChI is InChI=1S/C20H20N2OS2/c1-3-8-23-18-6-4-5-16(10-18)12-21-19(11-17-7-9-24-14-17)20-22-15(2)13-25-20/h1,4-7,9-10,13-14,19,21H,8,11-12H2,2H3. The molecule has 0 saturated heterocycles. The Kier molecular flexibility index (Phi) is 6.24. The second-order valence-electron chi connectivity index (χ2n) is 5.74. The van der Waals surface area contributed by atoms with Crippen LogP contribution in [-0.2, 0) is 13.0 Å². The van der Waals surface area contributed by atoms with Crippen LogP contribution < -0.4 is 10.1 Å². The molecule has 1 atom stereocenters. The predicted octanol–water partition coefficient (Wildman–Crippen LogP) is 4.60. The van der Waals surface area contributed by atoms with Gasteiger partial charge in [-0.3, -0.25) is 0 Å². The lowest BCUT2D eigenvalue weighted by Gasteiger charge is -2.16. The minimum atomic E-state index is 0.198. The lowest BCUT2D eigenvalue weighted by molar-refractivity contribution is 0.369. The van der Waals surface area contributed by atoms with Crippen molar-refractivity contribution in [3.05, 3.63) is 68.3 Å². The molecule has 25 heavy (non-hydrogen) atoms. The Balaban J connectivity index is 1.69. The molecule has 0 amide bonds. The van der Waals surface area contributed by atoms with Gasteiger partial charge in [-0.1, -0.05) is 18.1 Å². The molecule has 0 fully saturated rings. The highest BCUT2D eigenvalue weighted by atomic mass is 32.1. The number of nitrogens with zero attached hydrogens (tertiary/aromatic N) is 1. The van der Waals surface area contributed by atoms with Gasteiger partial charge in [0.15, 0.2) is 0 Å². The lowest BCUT2D eigenvalue weighted by atomic mass is 10.1. The molecular formula is C20H20N2OS2. The zero-order valence-electron chi connectivity index (χ0n) is 14.1. The summed E-state index contributed by atoms with van der Waals surface area (Å²) < 4.78 is 5.50. The van der Waals surface area contributed by atoms with Crippen molar-refractivity contribution in [2.24, 2.45) is 0 Å². The predicted molar refractivity (Wildman–Crippen MR) is 105 cm³/mol. The van der Waals surface area contributed by atoms with Crippen molar-refractivity contribution in [2.45, 2.75) is 25.9 Å². The number of nitrogens with one attached hydrogen (secondary N) is 1. The Bertz CT molecular complexity index is 834. The number of hydrogen-bond acceptors (Lipinski definition) is 5. The lowest BCUT2D eigenvalue weighted by Crippen LogP contribution is -2.22. The molecule has 0 aliphatic heterocycles. The molecule has 0 bridgehead atoms. The molecule has 2 heterocycles. The average Bonchev–Trinajstić information content (AvgIpc) is 3.28. The SMILES string of the molecule is C#CCOc1cccc(CNC(Cc2ccsc2)c2nc(C)cs2)c1. The zero-order valence-corrected chi connectivity index (χ0v) is 15.7. The summed E-state index contributed by atoms with van der Waals surface area (Å²) in [7, 11) is 0. The highest BCUT2D eigenvalue weighted by molar-refractivity contribution is 7.09. The zero-order chi connectivity index (χ0) is 17.5. The molecule has 0 spiro atoms. The summed E-state index contributed by atoms with van der Waals surface area (Å²) in [6, 6.07) is 10.4. The van der Waals surface area contributed by atoms with Crippen molar-refractivity contribution in [2.75, 3.05) is 6.61 Å². The Morgan fingerprint density at radius 1 is 1.28 bits per heavy atom. The molecule has 3 nitrogen and oxygen atoms in total. The largest absolute Gasteiger partial charge is 0.481 e. The van der Waals surface area contributed by atoms with Crippen LogP contribution in [0.3, 0.4) is 0 Å². The quantitative estimate of drug-likeness (QED) is 0.590. The van der Waals surface area contributed by atoms with Gasteiger partial charge in [-0.25, -0.2) is 4.98 Å². The fraction of sp³-hybridized carbons (Fsp3) is 0.250. The first kappa shape index (κ1) is 17.7. The number of ether oxygens (including phenoxy) is 1. The van der Waals surface area contributed by atoms with Crippen LogP contribution in [0.2, 0.25) is 0 Å². The number of thiophene rings is 1. The highest BCUT2D eigenvalue weighted by Gasteiger charge is 2.16. The number of terminal acetylenes is 1. The third-order valence-corrected chi connectivity index (χ3v) is 5.54. The van der Waals surface area contributed by atoms with Crippen LogP contribution in [0.5, 0.6) is 5.75 Å².